The van der Waals surface area contributed by atoms with Gasteiger partial charge in [-0.25, -0.2) is 15.4 Å². The van der Waals surface area contributed by atoms with Gasteiger partial charge in [0.05, 0.1) is 30.5 Å². The predicted molar refractivity (Wildman–Crippen MR) is 163 cm³/mol. The largest absolute Gasteiger partial charge is 0.494 e. The summed E-state index contributed by atoms with van der Waals surface area (Å²) in [6.07, 6.45) is 10.8. The van der Waals surface area contributed by atoms with E-state index in [0.717, 1.165) is 83.6 Å². The van der Waals surface area contributed by atoms with E-state index in [9.17, 15) is 4.79 Å². The summed E-state index contributed by atoms with van der Waals surface area (Å²) in [6, 6.07) is 12.4. The predicted octanol–water partition coefficient (Wildman–Crippen LogP) is 4.02. The average Bonchev–Trinajstić information content (AvgIpc) is 3.41. The van der Waals surface area contributed by atoms with E-state index in [1.165, 1.54) is 0 Å². The van der Waals surface area contributed by atoms with Crippen LogP contribution < -0.4 is 21.3 Å². The zero-order valence-electron chi connectivity index (χ0n) is 24.1. The number of carbonyl (C=O) groups excluding carboxylic acids is 1. The van der Waals surface area contributed by atoms with Crippen LogP contribution in [0.15, 0.2) is 53.8 Å². The van der Waals surface area contributed by atoms with Crippen LogP contribution in [-0.4, -0.2) is 61.6 Å². The Labute approximate surface area is 249 Å². The summed E-state index contributed by atoms with van der Waals surface area (Å²) in [7, 11) is 0. The van der Waals surface area contributed by atoms with Crippen LogP contribution in [-0.2, 0) is 4.79 Å². The maximum atomic E-state index is 13.3. The van der Waals surface area contributed by atoms with Crippen LogP contribution in [0.3, 0.4) is 0 Å². The molecule has 2 saturated heterocycles. The van der Waals surface area contributed by atoms with E-state index in [1.807, 2.05) is 49.6 Å². The molecule has 1 aliphatic carbocycles. The lowest BCUT2D eigenvalue weighted by molar-refractivity contribution is -0.137. The number of hydrogen-bond acceptors (Lipinski definition) is 9. The number of benzene rings is 1. The zero-order valence-corrected chi connectivity index (χ0v) is 24.1. The third kappa shape index (κ3) is 4.50. The van der Waals surface area contributed by atoms with Crippen molar-refractivity contribution in [2.45, 2.75) is 75.5 Å². The number of hydrogen-bond donors (Lipinski definition) is 3. The van der Waals surface area contributed by atoms with E-state index in [2.05, 4.69) is 31.9 Å². The molecule has 11 nitrogen and oxygen atoms in total. The molecule has 1 aromatic carbocycles. The van der Waals surface area contributed by atoms with Crippen molar-refractivity contribution in [3.05, 3.63) is 60.0 Å². The quantitative estimate of drug-likeness (QED) is 0.300. The van der Waals surface area contributed by atoms with Crippen molar-refractivity contribution in [1.82, 2.24) is 35.3 Å². The van der Waals surface area contributed by atoms with Crippen molar-refractivity contribution in [3.8, 4) is 28.1 Å². The minimum Gasteiger partial charge on any atom is -0.494 e. The van der Waals surface area contributed by atoms with Gasteiger partial charge in [-0.3, -0.25) is 9.78 Å². The minimum absolute atomic E-state index is 0.0526. The fourth-order valence-corrected chi connectivity index (χ4v) is 7.26. The summed E-state index contributed by atoms with van der Waals surface area (Å²) in [5, 5.41) is 4.69. The van der Waals surface area contributed by atoms with E-state index < -0.39 is 6.17 Å². The number of carbonyl (C=O) groups is 1. The molecule has 4 aromatic rings. The number of piperidine rings is 1. The summed E-state index contributed by atoms with van der Waals surface area (Å²) in [5.74, 6) is 2.26. The number of amides is 1. The van der Waals surface area contributed by atoms with E-state index in [0.29, 0.717) is 18.3 Å². The molecule has 0 radical (unpaired) electrons. The number of rotatable bonds is 7. The Hall–Kier alpha value is -4.51. The minimum atomic E-state index is -0.546. The van der Waals surface area contributed by atoms with Crippen molar-refractivity contribution in [1.29, 1.82) is 0 Å². The second-order valence-electron chi connectivity index (χ2n) is 12.0. The number of aromatic nitrogens is 4. The molecular formula is C32H35N9O2. The Balaban J connectivity index is 1.11. The molecule has 0 spiro atoms. The first-order valence-electron chi connectivity index (χ1n) is 15.3. The number of nitrogens with zero attached hydrogens (tertiary/aromatic N) is 6. The van der Waals surface area contributed by atoms with Crippen LogP contribution in [0.4, 0.5) is 5.82 Å². The SMILES string of the molecule is CCOc1ccc(-c2ccc(-c3cnn4c(N)c(C5CC5)c(C5CC6CC[C@@H](C5)N6C(=O)C5N=CNN5)nc34)cn2)cc1. The molecule has 6 heterocycles. The molecule has 220 valence electrons. The van der Waals surface area contributed by atoms with E-state index in [-0.39, 0.29) is 23.9 Å². The molecule has 3 aromatic heterocycles. The zero-order chi connectivity index (χ0) is 29.1. The molecule has 4 aliphatic rings. The Morgan fingerprint density at radius 2 is 1.77 bits per heavy atom. The van der Waals surface area contributed by atoms with Gasteiger partial charge in [0.2, 0.25) is 0 Å². The Morgan fingerprint density at radius 1 is 1.00 bits per heavy atom. The molecule has 1 saturated carbocycles. The normalized spacial score (nSPS) is 24.4. The van der Waals surface area contributed by atoms with Gasteiger partial charge in [0.15, 0.2) is 11.8 Å². The number of nitrogen functional groups attached to an aromatic ring is 1. The van der Waals surface area contributed by atoms with Gasteiger partial charge < -0.3 is 20.8 Å². The number of aliphatic imine (C=N–C) groups is 1. The van der Waals surface area contributed by atoms with E-state index >= 15 is 0 Å². The second-order valence-corrected chi connectivity index (χ2v) is 12.0. The average molecular weight is 578 g/mol. The van der Waals surface area contributed by atoms with Gasteiger partial charge in [-0.2, -0.15) is 9.61 Å². The van der Waals surface area contributed by atoms with Crippen molar-refractivity contribution in [2.75, 3.05) is 12.3 Å². The monoisotopic (exact) mass is 577 g/mol. The molecule has 11 heteroatoms. The Bertz CT molecular complexity index is 1700. The van der Waals surface area contributed by atoms with Gasteiger partial charge in [0.25, 0.3) is 5.91 Å². The first-order chi connectivity index (χ1) is 21.1. The highest BCUT2D eigenvalue weighted by molar-refractivity contribution is 5.85. The van der Waals surface area contributed by atoms with Crippen LogP contribution >= 0.6 is 0 Å². The standard InChI is InChI=1S/C32H35N9O2/c1-2-43-24-10-5-18(6-11-24)26-12-7-20(15-34-26)25-16-37-41-29(33)27(19-3-4-19)28(38-31(25)41)21-13-22-8-9-23(14-21)40(22)32(42)30-35-17-36-39-30/h5-7,10-12,15-17,19,21-23,30,39H,2-4,8-9,13-14,33H2,1H3,(H,35,36)/t21?,22-,23?,30?/m0/s1. The lowest BCUT2D eigenvalue weighted by Crippen LogP contribution is -2.53. The molecule has 4 atom stereocenters. The molecule has 4 N–H and O–H groups in total. The Morgan fingerprint density at radius 3 is 2.42 bits per heavy atom. The van der Waals surface area contributed by atoms with Crippen LogP contribution in [0, 0.1) is 0 Å². The highest BCUT2D eigenvalue weighted by Crippen LogP contribution is 2.50. The maximum absolute atomic E-state index is 13.3. The fraction of sp³-hybridized carbons (Fsp3) is 0.406. The van der Waals surface area contributed by atoms with Gasteiger partial charge in [-0.1, -0.05) is 6.07 Å². The number of nitrogens with two attached hydrogens (primary N) is 1. The molecule has 2 bridgehead atoms. The number of pyridine rings is 1. The van der Waals surface area contributed by atoms with E-state index in [1.54, 1.807) is 10.9 Å². The number of ether oxygens (including phenoxy) is 1. The molecule has 8 rings (SSSR count). The van der Waals surface area contributed by atoms with Gasteiger partial charge in [-0.15, -0.1) is 0 Å². The molecule has 43 heavy (non-hydrogen) atoms. The third-order valence-electron chi connectivity index (χ3n) is 9.39. The van der Waals surface area contributed by atoms with Gasteiger partial charge in [0.1, 0.15) is 11.6 Å². The Kier molecular flexibility index (Phi) is 6.28. The summed E-state index contributed by atoms with van der Waals surface area (Å²) < 4.78 is 7.38. The van der Waals surface area contributed by atoms with Crippen LogP contribution in [0.5, 0.6) is 5.75 Å². The highest BCUT2D eigenvalue weighted by atomic mass is 16.5. The first kappa shape index (κ1) is 26.1. The molecule has 3 aliphatic heterocycles. The number of nitrogens with one attached hydrogen (secondary N) is 2. The summed E-state index contributed by atoms with van der Waals surface area (Å²) in [4.78, 5) is 29.7. The first-order valence-corrected chi connectivity index (χ1v) is 15.3. The number of hydrazine groups is 1. The van der Waals surface area contributed by atoms with Gasteiger partial charge in [-0.05, 0) is 81.7 Å². The molecule has 3 fully saturated rings. The van der Waals surface area contributed by atoms with Gasteiger partial charge >= 0.3 is 0 Å². The van der Waals surface area contributed by atoms with Crippen molar-refractivity contribution in [2.24, 2.45) is 4.99 Å². The maximum Gasteiger partial charge on any atom is 0.264 e. The smallest absolute Gasteiger partial charge is 0.264 e. The topological polar surface area (TPSA) is 135 Å². The molecule has 3 unspecified atom stereocenters. The molecular weight excluding hydrogens is 542 g/mol. The summed E-state index contributed by atoms with van der Waals surface area (Å²) in [6.45, 7) is 2.62. The fourth-order valence-electron chi connectivity index (χ4n) is 7.26. The van der Waals surface area contributed by atoms with E-state index in [4.69, 9.17) is 20.4 Å². The highest BCUT2D eigenvalue weighted by Gasteiger charge is 2.47. The van der Waals surface area contributed by atoms with Crippen molar-refractivity contribution >= 4 is 23.7 Å². The summed E-state index contributed by atoms with van der Waals surface area (Å²) in [5.41, 5.74) is 19.4. The number of fused-ring (bicyclic) bond motifs is 3. The van der Waals surface area contributed by atoms with Gasteiger partial charge in [0, 0.05) is 46.5 Å². The third-order valence-corrected chi connectivity index (χ3v) is 9.39. The molecule has 1 amide bonds. The van der Waals surface area contributed by atoms with Crippen LogP contribution in [0.2, 0.25) is 0 Å². The second kappa shape index (κ2) is 10.3. The van der Waals surface area contributed by atoms with Crippen LogP contribution in [0.25, 0.3) is 28.0 Å². The van der Waals surface area contributed by atoms with Crippen molar-refractivity contribution in [3.63, 3.8) is 0 Å². The van der Waals surface area contributed by atoms with Crippen molar-refractivity contribution < 1.29 is 9.53 Å². The number of anilines is 1. The lowest BCUT2D eigenvalue weighted by atomic mass is 9.85. The summed E-state index contributed by atoms with van der Waals surface area (Å²) >= 11 is 0. The van der Waals surface area contributed by atoms with Crippen LogP contribution in [0.1, 0.15) is 68.5 Å². The lowest BCUT2D eigenvalue weighted by Gasteiger charge is -2.40.